The van der Waals surface area contributed by atoms with Crippen molar-refractivity contribution < 1.29 is 13.5 Å². The lowest BCUT2D eigenvalue weighted by Gasteiger charge is -2.26. The van der Waals surface area contributed by atoms with Gasteiger partial charge in [-0.1, -0.05) is 35.3 Å². The zero-order valence-corrected chi connectivity index (χ0v) is 16.7. The number of benzene rings is 2. The second-order valence-electron chi connectivity index (χ2n) is 6.57. The van der Waals surface area contributed by atoms with Gasteiger partial charge in [-0.15, -0.1) is 0 Å². The van der Waals surface area contributed by atoms with E-state index in [9.17, 15) is 18.8 Å². The molecule has 27 heavy (non-hydrogen) atoms. The molecule has 142 valence electrons. The van der Waals surface area contributed by atoms with Crippen molar-refractivity contribution in [2.45, 2.75) is 42.7 Å². The highest BCUT2D eigenvalue weighted by atomic mass is 35.5. The van der Waals surface area contributed by atoms with E-state index in [0.717, 1.165) is 0 Å². The Labute approximate surface area is 168 Å². The van der Waals surface area contributed by atoms with Crippen LogP contribution in [0.1, 0.15) is 31.2 Å². The van der Waals surface area contributed by atoms with Crippen molar-refractivity contribution in [3.05, 3.63) is 52.0 Å². The third kappa shape index (κ3) is 4.63. The largest absolute Gasteiger partial charge is 0.393 e. The SMILES string of the molecule is N#Cc1cc(Cl)ccc1-c1ccc(S(=O)(=O)NC2CCC(O)CC2)cc1Cl. The summed E-state index contributed by atoms with van der Waals surface area (Å²) < 4.78 is 28.0. The first kappa shape index (κ1) is 20.1. The topological polar surface area (TPSA) is 90.2 Å². The first-order chi connectivity index (χ1) is 12.8. The number of aliphatic hydroxyl groups excluding tert-OH is 1. The molecule has 2 aromatic carbocycles. The van der Waals surface area contributed by atoms with Gasteiger partial charge in [-0.05, 0) is 49.9 Å². The summed E-state index contributed by atoms with van der Waals surface area (Å²) in [5.41, 5.74) is 1.51. The van der Waals surface area contributed by atoms with Crippen molar-refractivity contribution in [1.29, 1.82) is 5.26 Å². The van der Waals surface area contributed by atoms with Crippen LogP contribution in [-0.2, 0) is 10.0 Å². The molecule has 0 spiro atoms. The Bertz CT molecular complexity index is 994. The summed E-state index contributed by atoms with van der Waals surface area (Å²) in [6.07, 6.45) is 2.01. The summed E-state index contributed by atoms with van der Waals surface area (Å²) in [6, 6.07) is 11.2. The lowest BCUT2D eigenvalue weighted by atomic mass is 9.94. The third-order valence-corrected chi connectivity index (χ3v) is 6.73. The Balaban J connectivity index is 1.87. The molecule has 0 saturated heterocycles. The lowest BCUT2D eigenvalue weighted by Crippen LogP contribution is -2.38. The number of hydrogen-bond acceptors (Lipinski definition) is 4. The quantitative estimate of drug-likeness (QED) is 0.772. The highest BCUT2D eigenvalue weighted by molar-refractivity contribution is 7.89. The average Bonchev–Trinajstić information content (AvgIpc) is 2.63. The zero-order chi connectivity index (χ0) is 19.6. The third-order valence-electron chi connectivity index (χ3n) is 4.66. The molecule has 1 saturated carbocycles. The fourth-order valence-corrected chi connectivity index (χ4v) is 5.06. The molecule has 1 aliphatic rings. The minimum atomic E-state index is -3.72. The molecule has 2 N–H and O–H groups in total. The molecule has 0 unspecified atom stereocenters. The van der Waals surface area contributed by atoms with Gasteiger partial charge >= 0.3 is 0 Å². The fraction of sp³-hybridized carbons (Fsp3) is 0.316. The Morgan fingerprint density at radius 2 is 1.70 bits per heavy atom. The van der Waals surface area contributed by atoms with Gasteiger partial charge in [0.25, 0.3) is 0 Å². The first-order valence-corrected chi connectivity index (χ1v) is 10.7. The molecule has 3 rings (SSSR count). The average molecular weight is 425 g/mol. The van der Waals surface area contributed by atoms with Gasteiger partial charge in [0.1, 0.15) is 0 Å². The van der Waals surface area contributed by atoms with E-state index in [1.807, 2.05) is 0 Å². The normalized spacial score (nSPS) is 20.2. The predicted molar refractivity (Wildman–Crippen MR) is 105 cm³/mol. The van der Waals surface area contributed by atoms with E-state index in [2.05, 4.69) is 10.8 Å². The van der Waals surface area contributed by atoms with Crippen molar-refractivity contribution in [2.75, 3.05) is 0 Å². The van der Waals surface area contributed by atoms with Crippen LogP contribution in [0.2, 0.25) is 10.0 Å². The number of hydrogen-bond donors (Lipinski definition) is 2. The maximum Gasteiger partial charge on any atom is 0.240 e. The van der Waals surface area contributed by atoms with E-state index in [0.29, 0.717) is 47.4 Å². The second-order valence-corrected chi connectivity index (χ2v) is 9.13. The lowest BCUT2D eigenvalue weighted by molar-refractivity contribution is 0.120. The highest BCUT2D eigenvalue weighted by Crippen LogP contribution is 2.33. The van der Waals surface area contributed by atoms with Crippen LogP contribution in [0.15, 0.2) is 41.3 Å². The minimum Gasteiger partial charge on any atom is -0.393 e. The molecular weight excluding hydrogens is 407 g/mol. The monoisotopic (exact) mass is 424 g/mol. The molecule has 0 aromatic heterocycles. The van der Waals surface area contributed by atoms with Crippen LogP contribution in [0.3, 0.4) is 0 Å². The van der Waals surface area contributed by atoms with Crippen molar-refractivity contribution in [1.82, 2.24) is 4.72 Å². The van der Waals surface area contributed by atoms with Crippen molar-refractivity contribution in [2.24, 2.45) is 0 Å². The second kappa shape index (κ2) is 8.17. The van der Waals surface area contributed by atoms with Gasteiger partial charge < -0.3 is 5.11 Å². The molecule has 2 aromatic rings. The molecule has 8 heteroatoms. The minimum absolute atomic E-state index is 0.0647. The number of halogens is 2. The van der Waals surface area contributed by atoms with Gasteiger partial charge in [-0.2, -0.15) is 5.26 Å². The van der Waals surface area contributed by atoms with Gasteiger partial charge in [0, 0.05) is 27.2 Å². The molecule has 0 heterocycles. The Kier molecular flexibility index (Phi) is 6.09. The van der Waals surface area contributed by atoms with E-state index < -0.39 is 10.0 Å². The van der Waals surface area contributed by atoms with Crippen molar-refractivity contribution in [3.8, 4) is 17.2 Å². The summed E-state index contributed by atoms with van der Waals surface area (Å²) in [7, 11) is -3.72. The van der Waals surface area contributed by atoms with Crippen LogP contribution < -0.4 is 4.72 Å². The summed E-state index contributed by atoms with van der Waals surface area (Å²) in [4.78, 5) is 0.0647. The van der Waals surface area contributed by atoms with Crippen LogP contribution in [0.4, 0.5) is 0 Å². The van der Waals surface area contributed by atoms with Gasteiger partial charge in [-0.25, -0.2) is 13.1 Å². The number of rotatable bonds is 4. The molecular formula is C19H18Cl2N2O3S. The maximum atomic E-state index is 12.6. The van der Waals surface area contributed by atoms with Crippen LogP contribution >= 0.6 is 23.2 Å². The smallest absolute Gasteiger partial charge is 0.240 e. The summed E-state index contributed by atoms with van der Waals surface area (Å²) in [5.74, 6) is 0. The molecule has 0 aliphatic heterocycles. The summed E-state index contributed by atoms with van der Waals surface area (Å²) in [5, 5.41) is 19.5. The van der Waals surface area contributed by atoms with Crippen LogP contribution in [0.5, 0.6) is 0 Å². The number of sulfonamides is 1. The Morgan fingerprint density at radius 3 is 2.33 bits per heavy atom. The van der Waals surface area contributed by atoms with E-state index in [-0.39, 0.29) is 22.1 Å². The fourth-order valence-electron chi connectivity index (χ4n) is 3.21. The van der Waals surface area contributed by atoms with Crippen LogP contribution in [0.25, 0.3) is 11.1 Å². The van der Waals surface area contributed by atoms with Crippen molar-refractivity contribution in [3.63, 3.8) is 0 Å². The van der Waals surface area contributed by atoms with Gasteiger partial charge in [0.15, 0.2) is 0 Å². The first-order valence-electron chi connectivity index (χ1n) is 8.50. The number of nitrogens with one attached hydrogen (secondary N) is 1. The standard InChI is InChI=1S/C19H18Cl2N2O3S/c20-13-1-7-17(12(9-13)11-22)18-8-6-16(10-19(18)21)27(25,26)23-14-2-4-15(24)5-3-14/h1,6-10,14-15,23-24H,2-5H2. The van der Waals surface area contributed by atoms with E-state index >= 15 is 0 Å². The predicted octanol–water partition coefficient (Wildman–Crippen LogP) is 4.11. The number of aliphatic hydroxyl groups is 1. The van der Waals surface area contributed by atoms with E-state index in [1.165, 1.54) is 18.2 Å². The molecule has 5 nitrogen and oxygen atoms in total. The Morgan fingerprint density at radius 1 is 1.04 bits per heavy atom. The number of nitrogens with zero attached hydrogens (tertiary/aromatic N) is 1. The molecule has 0 atom stereocenters. The Hall–Kier alpha value is -1.62. The summed E-state index contributed by atoms with van der Waals surface area (Å²) in [6.45, 7) is 0. The highest BCUT2D eigenvalue weighted by Gasteiger charge is 2.25. The molecule has 1 fully saturated rings. The van der Waals surface area contributed by atoms with E-state index in [4.69, 9.17) is 23.2 Å². The maximum absolute atomic E-state index is 12.6. The molecule has 0 radical (unpaired) electrons. The van der Waals surface area contributed by atoms with Gasteiger partial charge in [-0.3, -0.25) is 0 Å². The van der Waals surface area contributed by atoms with E-state index in [1.54, 1.807) is 18.2 Å². The van der Waals surface area contributed by atoms with Crippen LogP contribution in [-0.4, -0.2) is 25.7 Å². The summed E-state index contributed by atoms with van der Waals surface area (Å²) >= 11 is 12.3. The molecule has 0 bridgehead atoms. The van der Waals surface area contributed by atoms with Crippen LogP contribution in [0, 0.1) is 11.3 Å². The molecule has 1 aliphatic carbocycles. The van der Waals surface area contributed by atoms with Gasteiger partial charge in [0.05, 0.1) is 22.6 Å². The molecule has 0 amide bonds. The van der Waals surface area contributed by atoms with Gasteiger partial charge in [0.2, 0.25) is 10.0 Å². The zero-order valence-electron chi connectivity index (χ0n) is 14.3. The van der Waals surface area contributed by atoms with Crippen molar-refractivity contribution >= 4 is 33.2 Å². The number of nitriles is 1.